The van der Waals surface area contributed by atoms with Crippen molar-refractivity contribution in [2.45, 2.75) is 38.6 Å². The molecule has 0 radical (unpaired) electrons. The van der Waals surface area contributed by atoms with Gasteiger partial charge in [-0.2, -0.15) is 5.10 Å². The number of piperidine rings is 1. The van der Waals surface area contributed by atoms with Crippen LogP contribution in [-0.4, -0.2) is 32.5 Å². The van der Waals surface area contributed by atoms with E-state index in [-0.39, 0.29) is 11.9 Å². The Balaban J connectivity index is 1.74. The number of hydrogen-bond donors (Lipinski definition) is 1. The van der Waals surface area contributed by atoms with E-state index < -0.39 is 0 Å². The van der Waals surface area contributed by atoms with Crippen LogP contribution in [0.3, 0.4) is 0 Å². The summed E-state index contributed by atoms with van der Waals surface area (Å²) in [5.74, 6) is 0.162. The molecule has 6 heteroatoms. The normalized spacial score (nSPS) is 19.2. The van der Waals surface area contributed by atoms with Gasteiger partial charge in [-0.05, 0) is 32.3 Å². The molecule has 106 valence electrons. The van der Waals surface area contributed by atoms with Crippen LogP contribution in [0.5, 0.6) is 0 Å². The van der Waals surface area contributed by atoms with Crippen molar-refractivity contribution in [2.75, 3.05) is 6.54 Å². The summed E-state index contributed by atoms with van der Waals surface area (Å²) >= 11 is 1.59. The van der Waals surface area contributed by atoms with Crippen molar-refractivity contribution in [1.29, 1.82) is 0 Å². The van der Waals surface area contributed by atoms with Crippen LogP contribution >= 0.6 is 11.3 Å². The van der Waals surface area contributed by atoms with E-state index in [1.54, 1.807) is 17.5 Å². The molecule has 0 aromatic carbocycles. The van der Waals surface area contributed by atoms with Crippen LogP contribution in [0.1, 0.15) is 41.7 Å². The molecule has 1 amide bonds. The number of carbonyl (C=O) groups is 1. The molecule has 1 N–H and O–H groups in total. The first-order valence-electron chi connectivity index (χ1n) is 6.94. The summed E-state index contributed by atoms with van der Waals surface area (Å²) in [5.41, 5.74) is 1.92. The van der Waals surface area contributed by atoms with Gasteiger partial charge in [-0.25, -0.2) is 4.98 Å². The topological polar surface area (TPSA) is 61.9 Å². The Hall–Kier alpha value is -1.69. The molecule has 2 aromatic heterocycles. The lowest BCUT2D eigenvalue weighted by Crippen LogP contribution is -2.39. The van der Waals surface area contributed by atoms with Gasteiger partial charge in [-0.1, -0.05) is 0 Å². The molecule has 0 saturated carbocycles. The molecule has 1 aliphatic rings. The number of carbonyl (C=O) groups excluding carboxylic acids is 1. The fourth-order valence-corrected chi connectivity index (χ4v) is 3.36. The number of H-pyrrole nitrogens is 1. The summed E-state index contributed by atoms with van der Waals surface area (Å²) in [7, 11) is 0. The minimum Gasteiger partial charge on any atom is -0.334 e. The highest BCUT2D eigenvalue weighted by Crippen LogP contribution is 2.30. The number of nitrogens with zero attached hydrogens (tertiary/aromatic N) is 3. The molecule has 1 unspecified atom stereocenters. The minimum atomic E-state index is 0.137. The first-order valence-corrected chi connectivity index (χ1v) is 7.82. The largest absolute Gasteiger partial charge is 0.334 e. The van der Waals surface area contributed by atoms with Gasteiger partial charge in [0.2, 0.25) is 5.91 Å². The van der Waals surface area contributed by atoms with Gasteiger partial charge in [0.15, 0.2) is 0 Å². The summed E-state index contributed by atoms with van der Waals surface area (Å²) in [4.78, 5) is 18.9. The first kappa shape index (κ1) is 13.3. The Morgan fingerprint density at radius 1 is 1.55 bits per heavy atom. The van der Waals surface area contributed by atoms with Crippen molar-refractivity contribution in [3.63, 3.8) is 0 Å². The third-order valence-corrected chi connectivity index (χ3v) is 4.53. The predicted molar refractivity (Wildman–Crippen MR) is 77.4 cm³/mol. The van der Waals surface area contributed by atoms with Crippen LogP contribution in [0.4, 0.5) is 0 Å². The van der Waals surface area contributed by atoms with E-state index in [1.807, 2.05) is 23.3 Å². The van der Waals surface area contributed by atoms with Gasteiger partial charge < -0.3 is 4.90 Å². The predicted octanol–water partition coefficient (Wildman–Crippen LogP) is 2.47. The lowest BCUT2D eigenvalue weighted by Gasteiger charge is -2.35. The molecule has 3 heterocycles. The molecule has 5 nitrogen and oxygen atoms in total. The van der Waals surface area contributed by atoms with Crippen molar-refractivity contribution in [1.82, 2.24) is 20.1 Å². The molecule has 1 atom stereocenters. The number of likely N-dealkylation sites (tertiary alicyclic amines) is 1. The second kappa shape index (κ2) is 5.75. The molecule has 1 aliphatic heterocycles. The first-order chi connectivity index (χ1) is 9.74. The maximum atomic E-state index is 12.5. The highest BCUT2D eigenvalue weighted by Gasteiger charge is 2.28. The fourth-order valence-electron chi connectivity index (χ4n) is 2.75. The minimum absolute atomic E-state index is 0.137. The Labute approximate surface area is 122 Å². The smallest absolute Gasteiger partial charge is 0.229 e. The van der Waals surface area contributed by atoms with E-state index in [2.05, 4.69) is 15.2 Å². The summed E-state index contributed by atoms with van der Waals surface area (Å²) < 4.78 is 0. The molecule has 20 heavy (non-hydrogen) atoms. The summed E-state index contributed by atoms with van der Waals surface area (Å²) in [5, 5.41) is 9.99. The Morgan fingerprint density at radius 3 is 3.15 bits per heavy atom. The monoisotopic (exact) mass is 290 g/mol. The molecule has 0 spiro atoms. The van der Waals surface area contributed by atoms with Crippen LogP contribution in [-0.2, 0) is 11.2 Å². The fraction of sp³-hybridized carbons (Fsp3) is 0.500. The number of aromatic nitrogens is 3. The molecular formula is C14H18N4OS. The molecular weight excluding hydrogens is 272 g/mol. The van der Waals surface area contributed by atoms with E-state index in [4.69, 9.17) is 0 Å². The number of nitrogens with one attached hydrogen (secondary N) is 1. The number of hydrogen-bond acceptors (Lipinski definition) is 4. The molecule has 0 bridgehead atoms. The lowest BCUT2D eigenvalue weighted by molar-refractivity contribution is -0.134. The zero-order valence-electron chi connectivity index (χ0n) is 11.5. The van der Waals surface area contributed by atoms with E-state index in [9.17, 15) is 4.79 Å². The van der Waals surface area contributed by atoms with Gasteiger partial charge >= 0.3 is 0 Å². The Kier molecular flexibility index (Phi) is 3.82. The van der Waals surface area contributed by atoms with Crippen molar-refractivity contribution in [3.8, 4) is 0 Å². The van der Waals surface area contributed by atoms with Crippen LogP contribution < -0.4 is 0 Å². The van der Waals surface area contributed by atoms with Crippen molar-refractivity contribution < 1.29 is 4.79 Å². The number of thiazole rings is 1. The van der Waals surface area contributed by atoms with E-state index in [0.717, 1.165) is 42.2 Å². The molecule has 0 aliphatic carbocycles. The quantitative estimate of drug-likeness (QED) is 0.944. The average molecular weight is 290 g/mol. The van der Waals surface area contributed by atoms with Gasteiger partial charge in [-0.3, -0.25) is 9.89 Å². The van der Waals surface area contributed by atoms with Crippen molar-refractivity contribution in [3.05, 3.63) is 34.0 Å². The SMILES string of the molecule is Cc1nc(CC(=O)N2CCCCC2c2ccn[nH]2)cs1. The lowest BCUT2D eigenvalue weighted by atomic mass is 9.99. The van der Waals surface area contributed by atoms with Gasteiger partial charge in [0.1, 0.15) is 0 Å². The Morgan fingerprint density at radius 2 is 2.45 bits per heavy atom. The summed E-state index contributed by atoms with van der Waals surface area (Å²) in [6, 6.07) is 2.10. The second-order valence-electron chi connectivity index (χ2n) is 5.15. The van der Waals surface area contributed by atoms with E-state index in [0.29, 0.717) is 6.42 Å². The maximum Gasteiger partial charge on any atom is 0.229 e. The van der Waals surface area contributed by atoms with E-state index >= 15 is 0 Å². The van der Waals surface area contributed by atoms with E-state index in [1.165, 1.54) is 0 Å². The zero-order valence-corrected chi connectivity index (χ0v) is 12.3. The molecule has 1 fully saturated rings. The number of aryl methyl sites for hydroxylation is 1. The van der Waals surface area contributed by atoms with Gasteiger partial charge in [0, 0.05) is 18.1 Å². The third kappa shape index (κ3) is 2.75. The van der Waals surface area contributed by atoms with Crippen molar-refractivity contribution in [2.24, 2.45) is 0 Å². The second-order valence-corrected chi connectivity index (χ2v) is 6.21. The number of aromatic amines is 1. The molecule has 1 saturated heterocycles. The van der Waals surface area contributed by atoms with Gasteiger partial charge in [0.25, 0.3) is 0 Å². The zero-order chi connectivity index (χ0) is 13.9. The van der Waals surface area contributed by atoms with Crippen LogP contribution in [0.2, 0.25) is 0 Å². The molecule has 2 aromatic rings. The van der Waals surface area contributed by atoms with Gasteiger partial charge in [0.05, 0.1) is 28.9 Å². The maximum absolute atomic E-state index is 12.5. The van der Waals surface area contributed by atoms with Crippen molar-refractivity contribution >= 4 is 17.2 Å². The molecule has 3 rings (SSSR count). The standard InChI is InChI=1S/C14H18N4OS/c1-10-16-11(9-20-10)8-14(19)18-7-3-2-4-13(18)12-5-6-15-17-12/h5-6,9,13H,2-4,7-8H2,1H3,(H,15,17). The highest BCUT2D eigenvalue weighted by atomic mass is 32.1. The summed E-state index contributed by atoms with van der Waals surface area (Å²) in [6.07, 6.45) is 5.38. The van der Waals surface area contributed by atoms with Gasteiger partial charge in [-0.15, -0.1) is 11.3 Å². The number of rotatable bonds is 3. The highest BCUT2D eigenvalue weighted by molar-refractivity contribution is 7.09. The number of amides is 1. The van der Waals surface area contributed by atoms with Crippen LogP contribution in [0, 0.1) is 6.92 Å². The van der Waals surface area contributed by atoms with Crippen LogP contribution in [0.25, 0.3) is 0 Å². The van der Waals surface area contributed by atoms with Crippen LogP contribution in [0.15, 0.2) is 17.6 Å². The summed E-state index contributed by atoms with van der Waals surface area (Å²) in [6.45, 7) is 2.79. The third-order valence-electron chi connectivity index (χ3n) is 3.70. The Bertz CT molecular complexity index is 578. The average Bonchev–Trinajstić information content (AvgIpc) is 3.10.